The number of ether oxygens (including phenoxy) is 1. The van der Waals surface area contributed by atoms with Crippen molar-refractivity contribution in [3.05, 3.63) is 36.4 Å². The number of nitrogens with zero attached hydrogens (tertiary/aromatic N) is 3. The Morgan fingerprint density at radius 3 is 2.68 bits per heavy atom. The van der Waals surface area contributed by atoms with Gasteiger partial charge in [0.1, 0.15) is 11.3 Å². The van der Waals surface area contributed by atoms with E-state index < -0.39 is 38.7 Å². The molecule has 2 bridgehead atoms. The van der Waals surface area contributed by atoms with Crippen LogP contribution in [0.3, 0.4) is 0 Å². The maximum atomic E-state index is 14.8. The van der Waals surface area contributed by atoms with Crippen LogP contribution in [0.25, 0.3) is 10.8 Å². The molecule has 0 saturated carbocycles. The van der Waals surface area contributed by atoms with E-state index in [-0.39, 0.29) is 16.8 Å². The maximum Gasteiger partial charge on any atom is 0.409 e. The number of rotatable bonds is 5. The van der Waals surface area contributed by atoms with Crippen LogP contribution in [-0.2, 0) is 14.8 Å². The summed E-state index contributed by atoms with van der Waals surface area (Å²) in [6.45, 7) is 10.6. The van der Waals surface area contributed by atoms with Crippen molar-refractivity contribution in [3.63, 3.8) is 0 Å². The number of halogens is 1. The van der Waals surface area contributed by atoms with Gasteiger partial charge in [-0.1, -0.05) is 25.5 Å². The fourth-order valence-corrected chi connectivity index (χ4v) is 7.58. The molecule has 2 unspecified atom stereocenters. The van der Waals surface area contributed by atoms with Gasteiger partial charge >= 0.3 is 6.09 Å². The van der Waals surface area contributed by atoms with Crippen molar-refractivity contribution >= 4 is 26.9 Å². The van der Waals surface area contributed by atoms with E-state index in [1.165, 1.54) is 16.6 Å². The number of hydrogen-bond donors (Lipinski definition) is 1. The molecule has 2 aromatic rings. The second kappa shape index (κ2) is 8.42. The molecule has 1 aromatic carbocycles. The van der Waals surface area contributed by atoms with Crippen LogP contribution in [0.2, 0.25) is 0 Å². The number of alkyl carbamates (subject to hydrolysis) is 1. The lowest BCUT2D eigenvalue weighted by molar-refractivity contribution is -0.151. The molecule has 1 amide bonds. The first-order valence-electron chi connectivity index (χ1n) is 11.7. The summed E-state index contributed by atoms with van der Waals surface area (Å²) in [5, 5.41) is 3.50. The Balaban J connectivity index is 1.81. The number of sulfonamides is 1. The van der Waals surface area contributed by atoms with E-state index in [0.717, 1.165) is 12.6 Å². The molecule has 8 nitrogen and oxygen atoms in total. The maximum absolute atomic E-state index is 14.8. The van der Waals surface area contributed by atoms with Crippen LogP contribution < -0.4 is 5.32 Å². The van der Waals surface area contributed by atoms with Crippen LogP contribution in [-0.4, -0.2) is 65.1 Å². The Kier molecular flexibility index (Phi) is 6.15. The van der Waals surface area contributed by atoms with E-state index in [9.17, 15) is 17.6 Å². The Hall–Kier alpha value is -2.30. The van der Waals surface area contributed by atoms with Gasteiger partial charge in [-0.3, -0.25) is 9.88 Å². The van der Waals surface area contributed by atoms with Crippen molar-refractivity contribution in [2.24, 2.45) is 0 Å². The van der Waals surface area contributed by atoms with E-state index in [1.807, 2.05) is 13.8 Å². The van der Waals surface area contributed by atoms with Crippen LogP contribution in [0.4, 0.5) is 9.18 Å². The van der Waals surface area contributed by atoms with Gasteiger partial charge in [-0.05, 0) is 46.6 Å². The summed E-state index contributed by atoms with van der Waals surface area (Å²) in [5.74, 6) is -0.682. The summed E-state index contributed by atoms with van der Waals surface area (Å²) in [4.78, 5) is 18.8. The molecule has 3 saturated heterocycles. The quantitative estimate of drug-likeness (QED) is 0.682. The molecule has 3 aliphatic heterocycles. The minimum absolute atomic E-state index is 0.0303. The van der Waals surface area contributed by atoms with Crippen molar-refractivity contribution in [1.29, 1.82) is 0 Å². The number of hydrogen-bond acceptors (Lipinski definition) is 6. The predicted octanol–water partition coefficient (Wildman–Crippen LogP) is 3.86. The molecule has 0 spiro atoms. The molecule has 1 aromatic heterocycles. The van der Waals surface area contributed by atoms with Gasteiger partial charge in [-0.2, -0.15) is 4.31 Å². The van der Waals surface area contributed by atoms with Crippen LogP contribution >= 0.6 is 0 Å². The van der Waals surface area contributed by atoms with Crippen LogP contribution in [0.1, 0.15) is 53.9 Å². The largest absolute Gasteiger partial charge is 0.444 e. The van der Waals surface area contributed by atoms with Crippen molar-refractivity contribution in [2.45, 2.75) is 75.6 Å². The first kappa shape index (κ1) is 24.8. The number of fused-ring (bicyclic) bond motifs is 4. The molecule has 3 fully saturated rings. The Morgan fingerprint density at radius 2 is 2.00 bits per heavy atom. The van der Waals surface area contributed by atoms with Crippen molar-refractivity contribution < 1.29 is 22.3 Å². The Labute approximate surface area is 200 Å². The summed E-state index contributed by atoms with van der Waals surface area (Å²) >= 11 is 0. The third-order valence-electron chi connectivity index (χ3n) is 6.86. The molecule has 10 heteroatoms. The highest BCUT2D eigenvalue weighted by atomic mass is 32.2. The van der Waals surface area contributed by atoms with Crippen molar-refractivity contribution in [3.8, 4) is 0 Å². The number of pyridine rings is 1. The smallest absolute Gasteiger partial charge is 0.409 e. The molecule has 0 radical (unpaired) electrons. The van der Waals surface area contributed by atoms with Crippen LogP contribution in [0, 0.1) is 5.82 Å². The van der Waals surface area contributed by atoms with Crippen LogP contribution in [0.15, 0.2) is 35.5 Å². The molecule has 1 N–H and O–H groups in total. The highest BCUT2D eigenvalue weighted by molar-refractivity contribution is 7.89. The third-order valence-corrected chi connectivity index (χ3v) is 8.92. The fraction of sp³-hybridized carbons (Fsp3) is 0.583. The van der Waals surface area contributed by atoms with Gasteiger partial charge in [0.05, 0.1) is 16.6 Å². The number of benzene rings is 1. The van der Waals surface area contributed by atoms with Crippen molar-refractivity contribution in [1.82, 2.24) is 19.5 Å². The molecule has 186 valence electrons. The van der Waals surface area contributed by atoms with Gasteiger partial charge in [-0.15, -0.1) is 0 Å². The third kappa shape index (κ3) is 3.85. The molecular weight excluding hydrogens is 459 g/mol. The molecule has 3 atom stereocenters. The SMILES string of the molecule is CCCC1(NC(=O)OC(C)(C)C)N2CCCN(S(=O)(=O)c3cccc4cncc(F)c34)[C@@]1(C)C2. The van der Waals surface area contributed by atoms with Gasteiger partial charge < -0.3 is 10.1 Å². The van der Waals surface area contributed by atoms with E-state index in [0.29, 0.717) is 31.3 Å². The Morgan fingerprint density at radius 1 is 1.26 bits per heavy atom. The Bertz CT molecular complexity index is 1210. The molecule has 0 aliphatic carbocycles. The number of carbonyl (C=O) groups is 1. The second-order valence-corrected chi connectivity index (χ2v) is 12.2. The molecular formula is C24H33FN4O4S. The summed E-state index contributed by atoms with van der Waals surface area (Å²) in [5.41, 5.74) is -2.57. The monoisotopic (exact) mass is 492 g/mol. The number of carbonyl (C=O) groups excluding carboxylic acids is 1. The lowest BCUT2D eigenvalue weighted by atomic mass is 9.72. The molecule has 34 heavy (non-hydrogen) atoms. The number of nitrogens with one attached hydrogen (secondary N) is 1. The summed E-state index contributed by atoms with van der Waals surface area (Å²) in [6, 6.07) is 4.68. The van der Waals surface area contributed by atoms with Gasteiger partial charge in [0.15, 0.2) is 5.82 Å². The van der Waals surface area contributed by atoms with Crippen LogP contribution in [0.5, 0.6) is 0 Å². The van der Waals surface area contributed by atoms with Gasteiger partial charge in [-0.25, -0.2) is 17.6 Å². The normalized spacial score (nSPS) is 27.6. The topological polar surface area (TPSA) is 91.8 Å². The average Bonchev–Trinajstić information content (AvgIpc) is 2.99. The number of aromatic nitrogens is 1. The zero-order valence-corrected chi connectivity index (χ0v) is 21.2. The van der Waals surface area contributed by atoms with E-state index in [4.69, 9.17) is 4.74 Å². The summed E-state index contributed by atoms with van der Waals surface area (Å²) in [7, 11) is -4.12. The zero-order chi connectivity index (χ0) is 24.9. The summed E-state index contributed by atoms with van der Waals surface area (Å²) < 4.78 is 50.1. The summed E-state index contributed by atoms with van der Waals surface area (Å²) in [6.07, 6.45) is 3.76. The highest BCUT2D eigenvalue weighted by Crippen LogP contribution is 2.50. The second-order valence-electron chi connectivity index (χ2n) is 10.3. The average molecular weight is 493 g/mol. The minimum atomic E-state index is -4.12. The van der Waals surface area contributed by atoms with E-state index >= 15 is 0 Å². The lowest BCUT2D eigenvalue weighted by Crippen LogP contribution is -2.87. The minimum Gasteiger partial charge on any atom is -0.444 e. The molecule has 3 aliphatic rings. The van der Waals surface area contributed by atoms with E-state index in [1.54, 1.807) is 32.9 Å². The molecule has 4 heterocycles. The van der Waals surface area contributed by atoms with Gasteiger partial charge in [0.2, 0.25) is 10.0 Å². The van der Waals surface area contributed by atoms with E-state index in [2.05, 4.69) is 15.2 Å². The first-order valence-corrected chi connectivity index (χ1v) is 13.1. The zero-order valence-electron chi connectivity index (χ0n) is 20.4. The standard InChI is InChI=1S/C24H33FN4O4S/c1-6-11-24(27-21(30)33-22(2,3)4)23(5)16-28(24)12-8-13-29(23)34(31,32)19-10-7-9-17-14-26-15-18(25)20(17)19/h7,9-10,14-15H,6,8,11-13,16H2,1-5H3,(H,27,30)/t23-,24?/m0/s1. The van der Waals surface area contributed by atoms with Crippen molar-refractivity contribution in [2.75, 3.05) is 19.6 Å². The van der Waals surface area contributed by atoms with Gasteiger partial charge in [0.25, 0.3) is 0 Å². The first-order chi connectivity index (χ1) is 15.9. The lowest BCUT2D eigenvalue weighted by Gasteiger charge is -2.66. The fourth-order valence-electron chi connectivity index (χ4n) is 5.51. The highest BCUT2D eigenvalue weighted by Gasteiger charge is 2.68. The predicted molar refractivity (Wildman–Crippen MR) is 127 cm³/mol. The molecule has 5 rings (SSSR count). The van der Waals surface area contributed by atoms with Gasteiger partial charge in [0, 0.05) is 36.6 Å². The number of amides is 1.